The zero-order valence-corrected chi connectivity index (χ0v) is 20.0. The number of carbonyl (C=O) groups is 2. The van der Waals surface area contributed by atoms with Crippen molar-refractivity contribution < 1.29 is 41.4 Å². The number of hydrogen-bond donors (Lipinski definition) is 3. The lowest BCUT2D eigenvalue weighted by molar-refractivity contribution is -0.192. The smallest absolute Gasteiger partial charge is 0.475 e. The Morgan fingerprint density at radius 3 is 2.41 bits per heavy atom. The quantitative estimate of drug-likeness (QED) is 0.322. The van der Waals surface area contributed by atoms with Gasteiger partial charge in [-0.15, -0.1) is 0 Å². The number of aromatic amines is 1. The van der Waals surface area contributed by atoms with Crippen LogP contribution < -0.4 is 10.1 Å². The molecule has 0 fully saturated rings. The molecule has 0 aliphatic carbocycles. The van der Waals surface area contributed by atoms with Gasteiger partial charge in [0.2, 0.25) is 0 Å². The molecule has 0 aliphatic heterocycles. The molecule has 0 radical (unpaired) electrons. The summed E-state index contributed by atoms with van der Waals surface area (Å²) in [5.74, 6) is -3.91. The Morgan fingerprint density at radius 2 is 1.89 bits per heavy atom. The standard InChI is InChI=1S/C20H14Cl2F2N4O2.C2HF3O2/c1-10-27-17(19(22)28-10)20(29)26-9-13-2-3-15(21)18(16(13)24)30-14-5-11(7-23)4-12(6-14)8-25;3-2(4,5)1(6)7/h2-6H,7,9H2,1H3,(H,26,29)(H,27,28);(H,6,7). The fourth-order valence-electron chi connectivity index (χ4n) is 2.66. The number of halogens is 7. The maximum absolute atomic E-state index is 15.0. The maximum Gasteiger partial charge on any atom is 0.490 e. The Morgan fingerprint density at radius 1 is 1.24 bits per heavy atom. The van der Waals surface area contributed by atoms with Gasteiger partial charge < -0.3 is 20.1 Å². The first-order valence-corrected chi connectivity index (χ1v) is 10.6. The van der Waals surface area contributed by atoms with E-state index in [9.17, 15) is 26.7 Å². The van der Waals surface area contributed by atoms with Crippen molar-refractivity contribution in [1.82, 2.24) is 15.3 Å². The van der Waals surface area contributed by atoms with E-state index in [2.05, 4.69) is 15.3 Å². The van der Waals surface area contributed by atoms with Crippen LogP contribution in [0.3, 0.4) is 0 Å². The Bertz CT molecular complexity index is 1360. The maximum atomic E-state index is 15.0. The Labute approximate surface area is 215 Å². The van der Waals surface area contributed by atoms with Crippen molar-refractivity contribution in [3.63, 3.8) is 0 Å². The van der Waals surface area contributed by atoms with Gasteiger partial charge in [0.05, 0.1) is 16.7 Å². The molecule has 0 aliphatic rings. The number of aliphatic carboxylic acids is 1. The molecule has 37 heavy (non-hydrogen) atoms. The molecule has 3 rings (SSSR count). The molecular formula is C22H15Cl2F5N4O4. The van der Waals surface area contributed by atoms with E-state index < -0.39 is 30.5 Å². The summed E-state index contributed by atoms with van der Waals surface area (Å²) in [6, 6.07) is 8.72. The number of nitrogens with zero attached hydrogens (tertiary/aromatic N) is 2. The van der Waals surface area contributed by atoms with Gasteiger partial charge in [-0.25, -0.2) is 18.6 Å². The van der Waals surface area contributed by atoms with Crippen LogP contribution in [0.4, 0.5) is 22.0 Å². The molecule has 2 aromatic carbocycles. The largest absolute Gasteiger partial charge is 0.490 e. The number of amides is 1. The van der Waals surface area contributed by atoms with Crippen LogP contribution >= 0.6 is 23.2 Å². The second-order valence-electron chi connectivity index (χ2n) is 7.04. The molecule has 0 saturated heterocycles. The second kappa shape index (κ2) is 12.4. The van der Waals surface area contributed by atoms with Crippen LogP contribution in [-0.4, -0.2) is 33.1 Å². The molecule has 196 valence electrons. The number of aromatic nitrogens is 2. The number of carbonyl (C=O) groups excluding carboxylic acids is 1. The van der Waals surface area contributed by atoms with E-state index in [0.717, 1.165) is 0 Å². The third-order valence-electron chi connectivity index (χ3n) is 4.29. The predicted octanol–water partition coefficient (Wildman–Crippen LogP) is 5.86. The van der Waals surface area contributed by atoms with Crippen LogP contribution in [0.2, 0.25) is 10.2 Å². The van der Waals surface area contributed by atoms with Gasteiger partial charge >= 0.3 is 12.1 Å². The number of carboxylic acid groups (broad SMARTS) is 1. The zero-order valence-electron chi connectivity index (χ0n) is 18.5. The molecular weight excluding hydrogens is 550 g/mol. The predicted molar refractivity (Wildman–Crippen MR) is 121 cm³/mol. The van der Waals surface area contributed by atoms with Gasteiger partial charge in [0.25, 0.3) is 5.91 Å². The lowest BCUT2D eigenvalue weighted by Crippen LogP contribution is -2.24. The molecule has 15 heteroatoms. The van der Waals surface area contributed by atoms with E-state index in [1.165, 1.54) is 30.3 Å². The minimum Gasteiger partial charge on any atom is -0.475 e. The highest BCUT2D eigenvalue weighted by Crippen LogP contribution is 2.35. The summed E-state index contributed by atoms with van der Waals surface area (Å²) in [7, 11) is 0. The van der Waals surface area contributed by atoms with E-state index in [4.69, 9.17) is 43.1 Å². The number of nitriles is 1. The number of nitrogens with one attached hydrogen (secondary N) is 2. The molecule has 0 saturated carbocycles. The van der Waals surface area contributed by atoms with Crippen molar-refractivity contribution in [2.45, 2.75) is 26.3 Å². The summed E-state index contributed by atoms with van der Waals surface area (Å²) in [4.78, 5) is 27.7. The van der Waals surface area contributed by atoms with Crippen LogP contribution in [0, 0.1) is 24.1 Å². The highest BCUT2D eigenvalue weighted by atomic mass is 35.5. The average molecular weight is 565 g/mol. The molecule has 1 amide bonds. The summed E-state index contributed by atoms with van der Waals surface area (Å²) >= 11 is 11.9. The van der Waals surface area contributed by atoms with Gasteiger partial charge in [0.1, 0.15) is 23.9 Å². The van der Waals surface area contributed by atoms with Crippen molar-refractivity contribution in [3.05, 3.63) is 74.5 Å². The van der Waals surface area contributed by atoms with Crippen molar-refractivity contribution in [1.29, 1.82) is 5.26 Å². The molecule has 0 unspecified atom stereocenters. The highest BCUT2D eigenvalue weighted by molar-refractivity contribution is 6.32. The van der Waals surface area contributed by atoms with Crippen molar-refractivity contribution in [2.75, 3.05) is 0 Å². The number of ether oxygens (including phenoxy) is 1. The normalized spacial score (nSPS) is 10.7. The summed E-state index contributed by atoms with van der Waals surface area (Å²) in [5.41, 5.74) is 0.520. The summed E-state index contributed by atoms with van der Waals surface area (Å²) in [6.07, 6.45) is -5.08. The minimum atomic E-state index is -5.08. The molecule has 1 heterocycles. The number of H-pyrrole nitrogens is 1. The number of carboxylic acids is 1. The fourth-order valence-corrected chi connectivity index (χ4v) is 3.10. The highest BCUT2D eigenvalue weighted by Gasteiger charge is 2.38. The van der Waals surface area contributed by atoms with E-state index in [1.54, 1.807) is 6.92 Å². The molecule has 1 aromatic heterocycles. The van der Waals surface area contributed by atoms with Gasteiger partial charge in [-0.05, 0) is 36.8 Å². The van der Waals surface area contributed by atoms with Crippen LogP contribution in [0.1, 0.15) is 33.0 Å². The first-order valence-electron chi connectivity index (χ1n) is 9.82. The van der Waals surface area contributed by atoms with Crippen molar-refractivity contribution >= 4 is 35.1 Å². The van der Waals surface area contributed by atoms with Crippen LogP contribution in [-0.2, 0) is 18.0 Å². The lowest BCUT2D eigenvalue weighted by Gasteiger charge is -2.13. The van der Waals surface area contributed by atoms with Crippen LogP contribution in [0.25, 0.3) is 0 Å². The fraction of sp³-hybridized carbons (Fsp3) is 0.182. The lowest BCUT2D eigenvalue weighted by atomic mass is 10.1. The number of alkyl halides is 4. The van der Waals surface area contributed by atoms with Crippen molar-refractivity contribution in [3.8, 4) is 17.6 Å². The molecule has 3 N–H and O–H groups in total. The van der Waals surface area contributed by atoms with Crippen LogP contribution in [0.15, 0.2) is 30.3 Å². The third kappa shape index (κ3) is 8.06. The first-order chi connectivity index (χ1) is 17.3. The van der Waals surface area contributed by atoms with Gasteiger partial charge in [-0.2, -0.15) is 18.4 Å². The summed E-state index contributed by atoms with van der Waals surface area (Å²) in [5, 5.41) is 18.7. The zero-order chi connectivity index (χ0) is 27.9. The number of aryl methyl sites for hydroxylation is 1. The van der Waals surface area contributed by atoms with Gasteiger partial charge in [-0.3, -0.25) is 4.79 Å². The molecule has 8 nitrogen and oxygen atoms in total. The van der Waals surface area contributed by atoms with Crippen LogP contribution in [0.5, 0.6) is 11.5 Å². The monoisotopic (exact) mass is 564 g/mol. The Balaban J connectivity index is 0.000000604. The van der Waals surface area contributed by atoms with E-state index in [0.29, 0.717) is 5.82 Å². The number of hydrogen-bond acceptors (Lipinski definition) is 5. The van der Waals surface area contributed by atoms with E-state index in [1.807, 2.05) is 6.07 Å². The summed E-state index contributed by atoms with van der Waals surface area (Å²) < 4.78 is 65.2. The number of rotatable bonds is 6. The molecule has 0 bridgehead atoms. The summed E-state index contributed by atoms with van der Waals surface area (Å²) in [6.45, 7) is 0.644. The second-order valence-corrected chi connectivity index (χ2v) is 7.80. The Kier molecular flexibility index (Phi) is 9.81. The van der Waals surface area contributed by atoms with Gasteiger partial charge in [-0.1, -0.05) is 29.3 Å². The SMILES string of the molecule is Cc1nc(Cl)c(C(=O)NCc2ccc(Cl)c(Oc3cc(C#N)cc(CF)c3)c2F)[nH]1.O=C(O)C(F)(F)F. The first kappa shape index (κ1) is 29.3. The molecule has 0 spiro atoms. The number of benzene rings is 2. The van der Waals surface area contributed by atoms with E-state index in [-0.39, 0.29) is 50.6 Å². The number of imidazole rings is 1. The van der Waals surface area contributed by atoms with E-state index >= 15 is 0 Å². The van der Waals surface area contributed by atoms with Gasteiger partial charge in [0, 0.05) is 12.1 Å². The topological polar surface area (TPSA) is 128 Å². The molecule has 0 atom stereocenters. The van der Waals surface area contributed by atoms with Crippen molar-refractivity contribution in [2.24, 2.45) is 0 Å². The third-order valence-corrected chi connectivity index (χ3v) is 4.86. The Hall–Kier alpha value is -3.89. The van der Waals surface area contributed by atoms with Gasteiger partial charge in [0.15, 0.2) is 16.7 Å². The molecule has 3 aromatic rings. The minimum absolute atomic E-state index is 0.00615. The average Bonchev–Trinajstić information content (AvgIpc) is 3.18.